The van der Waals surface area contributed by atoms with Crippen LogP contribution < -0.4 is 4.74 Å². The third kappa shape index (κ3) is 6.21. The Morgan fingerprint density at radius 3 is 2.52 bits per heavy atom. The molecule has 3 unspecified atom stereocenters. The zero-order valence-corrected chi connectivity index (χ0v) is 18.1. The van der Waals surface area contributed by atoms with Gasteiger partial charge in [0.2, 0.25) is 0 Å². The third-order valence-corrected chi connectivity index (χ3v) is 5.88. The first-order valence-electron chi connectivity index (χ1n) is 10.1. The van der Waals surface area contributed by atoms with Crippen molar-refractivity contribution < 1.29 is 29.6 Å². The molecule has 1 aliphatic rings. The Bertz CT molecular complexity index is 750. The van der Waals surface area contributed by atoms with Crippen molar-refractivity contribution in [2.24, 2.45) is 5.41 Å². The van der Waals surface area contributed by atoms with E-state index < -0.39 is 23.8 Å². The van der Waals surface area contributed by atoms with Gasteiger partial charge in [-0.15, -0.1) is 0 Å². The first kappa shape index (κ1) is 23.2. The molecule has 1 aliphatic carbocycles. The lowest BCUT2D eigenvalue weighted by molar-refractivity contribution is 0.00974. The summed E-state index contributed by atoms with van der Waals surface area (Å²) in [5.41, 5.74) is -0.199. The smallest absolute Gasteiger partial charge is 0.338 e. The van der Waals surface area contributed by atoms with Gasteiger partial charge in [0.25, 0.3) is 0 Å². The molecule has 0 heterocycles. The van der Waals surface area contributed by atoms with E-state index in [0.29, 0.717) is 19.3 Å². The van der Waals surface area contributed by atoms with Crippen LogP contribution in [-0.4, -0.2) is 46.2 Å². The second kappa shape index (κ2) is 9.18. The van der Waals surface area contributed by atoms with Crippen LogP contribution in [0.4, 0.5) is 0 Å². The lowest BCUT2D eigenvalue weighted by Gasteiger charge is -2.30. The van der Waals surface area contributed by atoms with E-state index in [1.54, 1.807) is 13.0 Å². The number of hydrogen-bond donors (Lipinski definition) is 3. The van der Waals surface area contributed by atoms with E-state index >= 15 is 0 Å². The summed E-state index contributed by atoms with van der Waals surface area (Å²) in [6, 6.07) is 4.28. The number of rotatable bonds is 3. The minimum absolute atomic E-state index is 0.0588. The summed E-state index contributed by atoms with van der Waals surface area (Å²) in [6.45, 7) is 7.63. The molecule has 2 rings (SSSR count). The first-order chi connectivity index (χ1) is 13.4. The van der Waals surface area contributed by atoms with Crippen molar-refractivity contribution in [2.45, 2.75) is 77.6 Å². The number of hydrogen-bond acceptors (Lipinski definition) is 6. The number of ether oxygens (including phenoxy) is 2. The van der Waals surface area contributed by atoms with Gasteiger partial charge in [-0.25, -0.2) is 4.79 Å². The Hall–Kier alpha value is -2.05. The molecule has 0 amide bonds. The number of phenols is 1. The van der Waals surface area contributed by atoms with E-state index in [1.807, 2.05) is 20.8 Å². The van der Waals surface area contributed by atoms with Crippen LogP contribution in [-0.2, 0) is 4.74 Å². The van der Waals surface area contributed by atoms with Crippen LogP contribution in [0.2, 0.25) is 0 Å². The Kier molecular flexibility index (Phi) is 7.35. The van der Waals surface area contributed by atoms with Gasteiger partial charge in [0.05, 0.1) is 24.4 Å². The zero-order chi connectivity index (χ0) is 21.8. The number of phenolic OH excluding ortho intramolecular Hbond substituents is 1. The van der Waals surface area contributed by atoms with Crippen molar-refractivity contribution in [1.82, 2.24) is 0 Å². The number of benzene rings is 1. The molecule has 3 N–H and O–H groups in total. The maximum absolute atomic E-state index is 12.7. The Morgan fingerprint density at radius 2 is 1.86 bits per heavy atom. The molecule has 0 radical (unpaired) electrons. The highest BCUT2D eigenvalue weighted by atomic mass is 16.5. The number of methoxy groups -OCH3 is 1. The molecule has 1 aromatic rings. The minimum atomic E-state index is -0.863. The van der Waals surface area contributed by atoms with Gasteiger partial charge in [0, 0.05) is 0 Å². The third-order valence-electron chi connectivity index (χ3n) is 5.88. The normalized spacial score (nSPS) is 28.0. The number of aliphatic hydroxyl groups excluding tert-OH is 1. The van der Waals surface area contributed by atoms with Crippen molar-refractivity contribution in [3.63, 3.8) is 0 Å². The predicted octanol–water partition coefficient (Wildman–Crippen LogP) is 3.97. The number of esters is 1. The molecule has 0 aliphatic heterocycles. The molecule has 0 saturated heterocycles. The van der Waals surface area contributed by atoms with E-state index in [4.69, 9.17) is 9.47 Å². The number of aromatic hydroxyl groups is 1. The average molecular weight is 407 g/mol. The molecule has 29 heavy (non-hydrogen) atoms. The molecule has 6 heteroatoms. The molecule has 1 aromatic carbocycles. The van der Waals surface area contributed by atoms with Crippen molar-refractivity contribution in [3.05, 3.63) is 35.4 Å². The zero-order valence-electron chi connectivity index (χ0n) is 18.1. The summed E-state index contributed by atoms with van der Waals surface area (Å²) in [7, 11) is 1.41. The van der Waals surface area contributed by atoms with Gasteiger partial charge in [-0.2, -0.15) is 0 Å². The Balaban J connectivity index is 2.28. The molecule has 0 aromatic heterocycles. The van der Waals surface area contributed by atoms with E-state index in [2.05, 4.69) is 0 Å². The molecule has 162 valence electrons. The van der Waals surface area contributed by atoms with Crippen LogP contribution in [0.15, 0.2) is 29.8 Å². The minimum Gasteiger partial charge on any atom is -0.504 e. The van der Waals surface area contributed by atoms with Gasteiger partial charge in [-0.1, -0.05) is 19.9 Å². The maximum atomic E-state index is 12.7. The number of aliphatic hydroxyl groups is 2. The van der Waals surface area contributed by atoms with E-state index in [-0.39, 0.29) is 22.5 Å². The summed E-state index contributed by atoms with van der Waals surface area (Å²) in [6.07, 6.45) is 3.65. The van der Waals surface area contributed by atoms with Gasteiger partial charge >= 0.3 is 5.97 Å². The van der Waals surface area contributed by atoms with Crippen LogP contribution in [0.25, 0.3) is 0 Å². The van der Waals surface area contributed by atoms with Gasteiger partial charge in [-0.05, 0) is 75.1 Å². The Labute approximate surface area is 173 Å². The summed E-state index contributed by atoms with van der Waals surface area (Å²) in [4.78, 5) is 12.7. The second-order valence-corrected chi connectivity index (χ2v) is 9.01. The lowest BCUT2D eigenvalue weighted by atomic mass is 9.80. The highest BCUT2D eigenvalue weighted by molar-refractivity contribution is 5.90. The van der Waals surface area contributed by atoms with Gasteiger partial charge in [0.15, 0.2) is 11.5 Å². The predicted molar refractivity (Wildman–Crippen MR) is 111 cm³/mol. The SMILES string of the molecule is COc1cc(C(=O)OC2CCC(C)(O)CCCC(C)(C)C(O)C=C2C)ccc1O. The molecular weight excluding hydrogens is 372 g/mol. The standard InChI is InChI=1S/C23H34O6/c1-15-13-20(25)22(2,3)10-6-11-23(4,27)12-9-18(15)29-21(26)16-7-8-17(24)19(14-16)28-5/h7-8,13-14,18,20,24-25,27H,6,9-12H2,1-5H3. The molecule has 0 saturated carbocycles. The second-order valence-electron chi connectivity index (χ2n) is 9.01. The van der Waals surface area contributed by atoms with Gasteiger partial charge < -0.3 is 24.8 Å². The fraction of sp³-hybridized carbons (Fsp3) is 0.609. The molecule has 0 bridgehead atoms. The topological polar surface area (TPSA) is 96.2 Å². The largest absolute Gasteiger partial charge is 0.504 e. The number of carbonyl (C=O) groups is 1. The fourth-order valence-corrected chi connectivity index (χ4v) is 3.60. The van der Waals surface area contributed by atoms with Crippen LogP contribution in [0, 0.1) is 5.41 Å². The van der Waals surface area contributed by atoms with Crippen molar-refractivity contribution in [3.8, 4) is 11.5 Å². The quantitative estimate of drug-likeness (QED) is 0.519. The summed E-state index contributed by atoms with van der Waals surface area (Å²) < 4.78 is 10.8. The van der Waals surface area contributed by atoms with Crippen LogP contribution in [0.5, 0.6) is 11.5 Å². The lowest BCUT2D eigenvalue weighted by Crippen LogP contribution is -2.29. The monoisotopic (exact) mass is 406 g/mol. The fourth-order valence-electron chi connectivity index (χ4n) is 3.60. The van der Waals surface area contributed by atoms with E-state index in [9.17, 15) is 20.1 Å². The molecule has 0 spiro atoms. The highest BCUT2D eigenvalue weighted by Gasteiger charge is 2.31. The first-order valence-corrected chi connectivity index (χ1v) is 10.1. The van der Waals surface area contributed by atoms with Crippen LogP contribution >= 0.6 is 0 Å². The van der Waals surface area contributed by atoms with Crippen LogP contribution in [0.3, 0.4) is 0 Å². The Morgan fingerprint density at radius 1 is 1.17 bits per heavy atom. The summed E-state index contributed by atoms with van der Waals surface area (Å²) in [5, 5.41) is 31.1. The average Bonchev–Trinajstić information content (AvgIpc) is 2.65. The molecule has 6 nitrogen and oxygen atoms in total. The maximum Gasteiger partial charge on any atom is 0.338 e. The molecule has 0 fully saturated rings. The molecular formula is C23H34O6. The highest BCUT2D eigenvalue weighted by Crippen LogP contribution is 2.34. The van der Waals surface area contributed by atoms with Crippen molar-refractivity contribution >= 4 is 5.97 Å². The number of carbonyl (C=O) groups excluding carboxylic acids is 1. The van der Waals surface area contributed by atoms with E-state index in [0.717, 1.165) is 18.4 Å². The summed E-state index contributed by atoms with van der Waals surface area (Å²) in [5.74, 6) is -0.421. The van der Waals surface area contributed by atoms with Gasteiger partial charge in [0.1, 0.15) is 6.10 Å². The van der Waals surface area contributed by atoms with Crippen molar-refractivity contribution in [1.29, 1.82) is 0 Å². The van der Waals surface area contributed by atoms with Crippen LogP contribution in [0.1, 0.15) is 70.2 Å². The van der Waals surface area contributed by atoms with E-state index in [1.165, 1.54) is 25.3 Å². The summed E-state index contributed by atoms with van der Waals surface area (Å²) >= 11 is 0. The van der Waals surface area contributed by atoms with Crippen molar-refractivity contribution in [2.75, 3.05) is 7.11 Å². The van der Waals surface area contributed by atoms with Gasteiger partial charge in [-0.3, -0.25) is 0 Å². The molecule has 3 atom stereocenters.